The van der Waals surface area contributed by atoms with Crippen LogP contribution in [0.25, 0.3) is 0 Å². The second-order valence-electron chi connectivity index (χ2n) is 3.79. The average Bonchev–Trinajstić information content (AvgIpc) is 2.64. The van der Waals surface area contributed by atoms with Crippen molar-refractivity contribution in [2.24, 2.45) is 0 Å². The summed E-state index contributed by atoms with van der Waals surface area (Å²) in [7, 11) is 1.40. The van der Waals surface area contributed by atoms with Gasteiger partial charge in [-0.05, 0) is 12.1 Å². The summed E-state index contributed by atoms with van der Waals surface area (Å²) < 4.78 is 4.85. The second kappa shape index (κ2) is 11.4. The summed E-state index contributed by atoms with van der Waals surface area (Å²) in [4.78, 5) is 10.0. The van der Waals surface area contributed by atoms with Crippen LogP contribution in [-0.2, 0) is 0 Å². The Balaban J connectivity index is 0.000000414. The highest BCUT2D eigenvalue weighted by Crippen LogP contribution is 2.27. The third kappa shape index (κ3) is 5.91. The second-order valence-corrected chi connectivity index (χ2v) is 3.79. The molecular formula is C18H18N2O3. The van der Waals surface area contributed by atoms with Crippen LogP contribution in [0.1, 0.15) is 35.3 Å². The lowest BCUT2D eigenvalue weighted by molar-refractivity contribution is 0.112. The number of phenols is 1. The van der Waals surface area contributed by atoms with E-state index >= 15 is 0 Å². The van der Waals surface area contributed by atoms with E-state index < -0.39 is 0 Å². The predicted octanol–water partition coefficient (Wildman–Crippen LogP) is 3.67. The van der Waals surface area contributed by atoms with E-state index in [1.54, 1.807) is 24.3 Å². The number of carbonyl (C=O) groups excluding carboxylic acids is 1. The van der Waals surface area contributed by atoms with Crippen LogP contribution < -0.4 is 4.74 Å². The summed E-state index contributed by atoms with van der Waals surface area (Å²) in [5.74, 6) is 0.0803. The van der Waals surface area contributed by atoms with Crippen LogP contribution in [0.4, 0.5) is 0 Å². The molecular weight excluding hydrogens is 292 g/mol. The van der Waals surface area contributed by atoms with Crippen molar-refractivity contribution < 1.29 is 14.6 Å². The van der Waals surface area contributed by atoms with Crippen molar-refractivity contribution in [2.45, 2.75) is 13.8 Å². The van der Waals surface area contributed by atoms with E-state index in [4.69, 9.17) is 15.3 Å². The maximum Gasteiger partial charge on any atom is 0.150 e. The van der Waals surface area contributed by atoms with Gasteiger partial charge in [-0.3, -0.25) is 4.79 Å². The molecule has 23 heavy (non-hydrogen) atoms. The molecule has 2 aromatic carbocycles. The molecule has 5 nitrogen and oxygen atoms in total. The fraction of sp³-hybridized carbons (Fsp3) is 0.167. The highest BCUT2D eigenvalue weighted by atomic mass is 16.5. The summed E-state index contributed by atoms with van der Waals surface area (Å²) in [5.41, 5.74) is 0.736. The van der Waals surface area contributed by atoms with Crippen molar-refractivity contribution in [1.29, 1.82) is 10.5 Å². The maximum absolute atomic E-state index is 10.0. The number of carbonyl (C=O) groups is 1. The molecule has 5 heteroatoms. The minimum atomic E-state index is -0.208. The zero-order chi connectivity index (χ0) is 17.7. The van der Waals surface area contributed by atoms with Gasteiger partial charge in [0.1, 0.15) is 41.1 Å². The van der Waals surface area contributed by atoms with Gasteiger partial charge < -0.3 is 9.84 Å². The number of rotatable bonds is 2. The minimum absolute atomic E-state index is 0.0538. The first-order valence-corrected chi connectivity index (χ1v) is 6.88. The normalized spacial score (nSPS) is 8.04. The van der Waals surface area contributed by atoms with E-state index in [1.807, 2.05) is 32.0 Å². The van der Waals surface area contributed by atoms with Gasteiger partial charge in [0.25, 0.3) is 0 Å². The van der Waals surface area contributed by atoms with Crippen molar-refractivity contribution in [3.05, 3.63) is 59.2 Å². The zero-order valence-corrected chi connectivity index (χ0v) is 13.3. The van der Waals surface area contributed by atoms with Crippen molar-refractivity contribution in [1.82, 2.24) is 0 Å². The molecule has 0 aliphatic rings. The Morgan fingerprint density at radius 2 is 1.57 bits per heavy atom. The van der Waals surface area contributed by atoms with Crippen molar-refractivity contribution in [3.63, 3.8) is 0 Å². The smallest absolute Gasteiger partial charge is 0.150 e. The zero-order valence-electron chi connectivity index (χ0n) is 13.3. The molecule has 0 spiro atoms. The standard InChI is InChI=1S/C9H6N2O2.C7H6O.C2H6/c1-13-9-3-2-8(12)6(4-10)7(9)5-11;8-6-7-4-2-1-3-5-7;1-2/h2-3,12H,1H3;1-6H;1-2H3. The van der Waals surface area contributed by atoms with Crippen LogP contribution in [0.15, 0.2) is 42.5 Å². The Hall–Kier alpha value is -3.31. The van der Waals surface area contributed by atoms with E-state index in [-0.39, 0.29) is 22.6 Å². The highest BCUT2D eigenvalue weighted by Gasteiger charge is 2.12. The molecule has 0 fully saturated rings. The Morgan fingerprint density at radius 1 is 1.00 bits per heavy atom. The fourth-order valence-corrected chi connectivity index (χ4v) is 1.50. The largest absolute Gasteiger partial charge is 0.507 e. The lowest BCUT2D eigenvalue weighted by atomic mass is 10.1. The van der Waals surface area contributed by atoms with Crippen LogP contribution in [-0.4, -0.2) is 18.5 Å². The van der Waals surface area contributed by atoms with E-state index in [9.17, 15) is 9.90 Å². The molecule has 0 bridgehead atoms. The maximum atomic E-state index is 10.0. The Labute approximate surface area is 136 Å². The van der Waals surface area contributed by atoms with Gasteiger partial charge in [0.15, 0.2) is 0 Å². The van der Waals surface area contributed by atoms with Crippen LogP contribution in [0, 0.1) is 22.7 Å². The summed E-state index contributed by atoms with van der Waals surface area (Å²) in [6.07, 6.45) is 0.833. The number of aldehydes is 1. The lowest BCUT2D eigenvalue weighted by Crippen LogP contribution is -1.91. The minimum Gasteiger partial charge on any atom is -0.507 e. The van der Waals surface area contributed by atoms with Gasteiger partial charge in [-0.15, -0.1) is 0 Å². The molecule has 0 unspecified atom stereocenters. The van der Waals surface area contributed by atoms with Gasteiger partial charge in [0.05, 0.1) is 7.11 Å². The van der Waals surface area contributed by atoms with Crippen LogP contribution in [0.2, 0.25) is 0 Å². The van der Waals surface area contributed by atoms with Crippen molar-refractivity contribution >= 4 is 6.29 Å². The molecule has 0 aliphatic heterocycles. The molecule has 0 aliphatic carbocycles. The van der Waals surface area contributed by atoms with Gasteiger partial charge in [-0.25, -0.2) is 0 Å². The highest BCUT2D eigenvalue weighted by molar-refractivity contribution is 5.74. The number of ether oxygens (including phenoxy) is 1. The number of methoxy groups -OCH3 is 1. The molecule has 0 saturated heterocycles. The SMILES string of the molecule is CC.COc1ccc(O)c(C#N)c1C#N.O=Cc1ccccc1. The number of hydrogen-bond acceptors (Lipinski definition) is 5. The monoisotopic (exact) mass is 310 g/mol. The van der Waals surface area contributed by atoms with Crippen molar-refractivity contribution in [2.75, 3.05) is 7.11 Å². The molecule has 1 N–H and O–H groups in total. The number of phenolic OH excluding ortho intramolecular Hbond substituents is 1. The molecule has 0 atom stereocenters. The first kappa shape index (κ1) is 19.7. The van der Waals surface area contributed by atoms with Gasteiger partial charge in [0.2, 0.25) is 0 Å². The first-order chi connectivity index (χ1) is 11.2. The van der Waals surface area contributed by atoms with Gasteiger partial charge in [-0.1, -0.05) is 44.2 Å². The molecule has 2 rings (SSSR count). The Bertz CT molecular complexity index is 699. The summed E-state index contributed by atoms with van der Waals surface area (Å²) in [6, 6.07) is 15.4. The number of aromatic hydroxyl groups is 1. The number of benzene rings is 2. The van der Waals surface area contributed by atoms with Gasteiger partial charge >= 0.3 is 0 Å². The molecule has 0 aromatic heterocycles. The van der Waals surface area contributed by atoms with Crippen molar-refractivity contribution in [3.8, 4) is 23.6 Å². The fourth-order valence-electron chi connectivity index (χ4n) is 1.50. The van der Waals surface area contributed by atoms with E-state index in [2.05, 4.69) is 0 Å². The third-order valence-corrected chi connectivity index (χ3v) is 2.52. The predicted molar refractivity (Wildman–Crippen MR) is 87.3 cm³/mol. The summed E-state index contributed by atoms with van der Waals surface area (Å²) >= 11 is 0. The third-order valence-electron chi connectivity index (χ3n) is 2.52. The van der Waals surface area contributed by atoms with E-state index in [1.165, 1.54) is 19.2 Å². The Kier molecular flexibility index (Phi) is 9.73. The quantitative estimate of drug-likeness (QED) is 0.854. The molecule has 2 aromatic rings. The van der Waals surface area contributed by atoms with Crippen LogP contribution in [0.5, 0.6) is 11.5 Å². The van der Waals surface area contributed by atoms with Gasteiger partial charge in [0, 0.05) is 5.56 Å². The molecule has 118 valence electrons. The Morgan fingerprint density at radius 3 is 1.96 bits per heavy atom. The summed E-state index contributed by atoms with van der Waals surface area (Å²) in [6.45, 7) is 4.00. The molecule has 0 saturated carbocycles. The van der Waals surface area contributed by atoms with Crippen LogP contribution in [0.3, 0.4) is 0 Å². The topological polar surface area (TPSA) is 94.1 Å². The number of nitriles is 2. The van der Waals surface area contributed by atoms with Gasteiger partial charge in [-0.2, -0.15) is 10.5 Å². The number of hydrogen-bond donors (Lipinski definition) is 1. The van der Waals surface area contributed by atoms with E-state index in [0.717, 1.165) is 11.8 Å². The lowest BCUT2D eigenvalue weighted by Gasteiger charge is -2.04. The molecule has 0 amide bonds. The van der Waals surface area contributed by atoms with E-state index in [0.29, 0.717) is 0 Å². The summed E-state index contributed by atoms with van der Waals surface area (Å²) in [5, 5.41) is 26.5. The van der Waals surface area contributed by atoms with Crippen LogP contribution >= 0.6 is 0 Å². The molecule has 0 heterocycles. The average molecular weight is 310 g/mol. The molecule has 0 radical (unpaired) electrons. The first-order valence-electron chi connectivity index (χ1n) is 6.88. The number of nitrogens with zero attached hydrogens (tertiary/aromatic N) is 2.